The highest BCUT2D eigenvalue weighted by Crippen LogP contribution is 2.45. The van der Waals surface area contributed by atoms with E-state index in [-0.39, 0.29) is 0 Å². The van der Waals surface area contributed by atoms with Crippen molar-refractivity contribution in [2.45, 2.75) is 6.42 Å². The van der Waals surface area contributed by atoms with Gasteiger partial charge in [0.25, 0.3) is 0 Å². The Morgan fingerprint density at radius 1 is 1.11 bits per heavy atom. The fraction of sp³-hybridized carbons (Fsp3) is 0.357. The Morgan fingerprint density at radius 3 is 2.63 bits per heavy atom. The van der Waals surface area contributed by atoms with Crippen molar-refractivity contribution >= 4 is 11.6 Å². The molecule has 4 rings (SSSR count). The van der Waals surface area contributed by atoms with Gasteiger partial charge >= 0.3 is 0 Å². The summed E-state index contributed by atoms with van der Waals surface area (Å²) in [6.07, 6.45) is 6.51. The second-order valence-electron chi connectivity index (χ2n) is 5.40. The first kappa shape index (κ1) is 10.7. The van der Waals surface area contributed by atoms with Crippen molar-refractivity contribution in [1.29, 1.82) is 0 Å². The largest absolute Gasteiger partial charge is 0.382 e. The van der Waals surface area contributed by atoms with Crippen LogP contribution in [0.2, 0.25) is 0 Å². The average molecular weight is 253 g/mol. The molecule has 5 heteroatoms. The van der Waals surface area contributed by atoms with Crippen LogP contribution < -0.4 is 10.6 Å². The summed E-state index contributed by atoms with van der Waals surface area (Å²) < 4.78 is 0. The third-order valence-electron chi connectivity index (χ3n) is 4.00. The number of aromatic nitrogens is 3. The van der Waals surface area contributed by atoms with Crippen LogP contribution in [0.1, 0.15) is 6.42 Å². The molecule has 0 bridgehead atoms. The standard InChI is InChI=1S/C14H15N5/c15-13-6-16-5-12(18-13)9-1-2-14(17-4-9)19-7-10-3-11(10)8-19/h1-2,4-6,10-11H,3,7-8H2,(H2,15,18). The molecule has 2 fully saturated rings. The number of piperidine rings is 1. The van der Waals surface area contributed by atoms with Gasteiger partial charge in [-0.1, -0.05) is 0 Å². The van der Waals surface area contributed by atoms with Crippen LogP contribution in [0, 0.1) is 11.8 Å². The monoisotopic (exact) mass is 253 g/mol. The predicted octanol–water partition coefficient (Wildman–Crippen LogP) is 1.58. The first-order valence-corrected chi connectivity index (χ1v) is 6.58. The van der Waals surface area contributed by atoms with Gasteiger partial charge in [0.1, 0.15) is 11.6 Å². The number of pyridine rings is 1. The van der Waals surface area contributed by atoms with Crippen molar-refractivity contribution in [3.63, 3.8) is 0 Å². The van der Waals surface area contributed by atoms with Gasteiger partial charge in [0.2, 0.25) is 0 Å². The van der Waals surface area contributed by atoms with Crippen molar-refractivity contribution in [1.82, 2.24) is 15.0 Å². The molecule has 0 spiro atoms. The van der Waals surface area contributed by atoms with E-state index >= 15 is 0 Å². The number of anilines is 2. The van der Waals surface area contributed by atoms with Gasteiger partial charge < -0.3 is 10.6 Å². The summed E-state index contributed by atoms with van der Waals surface area (Å²) in [4.78, 5) is 15.2. The molecule has 1 saturated heterocycles. The molecule has 96 valence electrons. The second kappa shape index (κ2) is 3.91. The zero-order chi connectivity index (χ0) is 12.8. The van der Waals surface area contributed by atoms with Gasteiger partial charge in [-0.3, -0.25) is 4.98 Å². The van der Waals surface area contributed by atoms with Crippen LogP contribution in [0.4, 0.5) is 11.6 Å². The smallest absolute Gasteiger partial charge is 0.142 e. The summed E-state index contributed by atoms with van der Waals surface area (Å²) in [6.45, 7) is 2.32. The molecule has 2 unspecified atom stereocenters. The van der Waals surface area contributed by atoms with E-state index < -0.39 is 0 Å². The van der Waals surface area contributed by atoms with Gasteiger partial charge in [-0.25, -0.2) is 9.97 Å². The van der Waals surface area contributed by atoms with Crippen LogP contribution in [0.25, 0.3) is 11.3 Å². The molecular weight excluding hydrogens is 238 g/mol. The molecule has 19 heavy (non-hydrogen) atoms. The van der Waals surface area contributed by atoms with E-state index in [0.29, 0.717) is 5.82 Å². The van der Waals surface area contributed by atoms with Crippen LogP contribution in [-0.2, 0) is 0 Å². The van der Waals surface area contributed by atoms with Crippen LogP contribution in [0.3, 0.4) is 0 Å². The fourth-order valence-electron chi connectivity index (χ4n) is 2.83. The van der Waals surface area contributed by atoms with E-state index in [9.17, 15) is 0 Å². The zero-order valence-corrected chi connectivity index (χ0v) is 10.5. The third kappa shape index (κ3) is 1.91. The normalized spacial score (nSPS) is 24.3. The van der Waals surface area contributed by atoms with Gasteiger partial charge in [-0.15, -0.1) is 0 Å². The van der Waals surface area contributed by atoms with Crippen molar-refractivity contribution < 1.29 is 0 Å². The molecule has 0 amide bonds. The van der Waals surface area contributed by atoms with E-state index in [1.807, 2.05) is 12.3 Å². The summed E-state index contributed by atoms with van der Waals surface area (Å²) in [5.74, 6) is 3.33. The Morgan fingerprint density at radius 2 is 1.95 bits per heavy atom. The van der Waals surface area contributed by atoms with Crippen molar-refractivity contribution in [3.8, 4) is 11.3 Å². The van der Waals surface area contributed by atoms with Crippen LogP contribution in [0.15, 0.2) is 30.7 Å². The van der Waals surface area contributed by atoms with Gasteiger partial charge in [0.05, 0.1) is 18.1 Å². The molecule has 5 nitrogen and oxygen atoms in total. The number of fused-ring (bicyclic) bond motifs is 1. The number of rotatable bonds is 2. The van der Waals surface area contributed by atoms with Gasteiger partial charge in [-0.05, 0) is 30.4 Å². The maximum atomic E-state index is 5.64. The van der Waals surface area contributed by atoms with E-state index in [2.05, 4.69) is 25.9 Å². The zero-order valence-electron chi connectivity index (χ0n) is 10.5. The quantitative estimate of drug-likeness (QED) is 0.880. The molecule has 1 aliphatic carbocycles. The molecule has 2 aliphatic rings. The highest BCUT2D eigenvalue weighted by molar-refractivity contribution is 5.60. The highest BCUT2D eigenvalue weighted by atomic mass is 15.2. The molecule has 3 heterocycles. The number of nitrogens with zero attached hydrogens (tertiary/aromatic N) is 4. The Kier molecular flexibility index (Phi) is 2.21. The first-order chi connectivity index (χ1) is 9.29. The highest BCUT2D eigenvalue weighted by Gasteiger charge is 2.45. The number of nitrogens with two attached hydrogens (primary N) is 1. The lowest BCUT2D eigenvalue weighted by Gasteiger charge is -2.18. The lowest BCUT2D eigenvalue weighted by atomic mass is 10.2. The van der Waals surface area contributed by atoms with Crippen molar-refractivity contribution in [3.05, 3.63) is 30.7 Å². The van der Waals surface area contributed by atoms with Gasteiger partial charge in [-0.2, -0.15) is 0 Å². The van der Waals surface area contributed by atoms with Gasteiger partial charge in [0.15, 0.2) is 0 Å². The average Bonchev–Trinajstić information content (AvgIpc) is 3.05. The number of hydrogen-bond acceptors (Lipinski definition) is 5. The van der Waals surface area contributed by atoms with E-state index in [4.69, 9.17) is 5.73 Å². The Hall–Kier alpha value is -2.17. The SMILES string of the molecule is Nc1cncc(-c2ccc(N3CC4CC4C3)nc2)n1. The molecule has 1 saturated carbocycles. The van der Waals surface area contributed by atoms with Crippen LogP contribution in [-0.4, -0.2) is 28.0 Å². The Bertz CT molecular complexity index is 599. The molecule has 2 aromatic rings. The van der Waals surface area contributed by atoms with E-state index in [1.54, 1.807) is 12.4 Å². The summed E-state index contributed by atoms with van der Waals surface area (Å²) in [5.41, 5.74) is 7.36. The molecule has 0 radical (unpaired) electrons. The summed E-state index contributed by atoms with van der Waals surface area (Å²) in [6, 6.07) is 4.10. The number of hydrogen-bond donors (Lipinski definition) is 1. The lowest BCUT2D eigenvalue weighted by Crippen LogP contribution is -2.22. The first-order valence-electron chi connectivity index (χ1n) is 6.58. The molecular formula is C14H15N5. The lowest BCUT2D eigenvalue weighted by molar-refractivity contribution is 0.805. The molecule has 1 aliphatic heterocycles. The second-order valence-corrected chi connectivity index (χ2v) is 5.40. The summed E-state index contributed by atoms with van der Waals surface area (Å²) in [7, 11) is 0. The van der Waals surface area contributed by atoms with E-state index in [1.165, 1.54) is 6.42 Å². The van der Waals surface area contributed by atoms with Crippen LogP contribution in [0.5, 0.6) is 0 Å². The summed E-state index contributed by atoms with van der Waals surface area (Å²) >= 11 is 0. The van der Waals surface area contributed by atoms with Crippen LogP contribution >= 0.6 is 0 Å². The molecule has 2 atom stereocenters. The Balaban J connectivity index is 1.58. The topological polar surface area (TPSA) is 67.9 Å². The third-order valence-corrected chi connectivity index (χ3v) is 4.00. The number of nitrogen functional groups attached to an aromatic ring is 1. The summed E-state index contributed by atoms with van der Waals surface area (Å²) in [5, 5.41) is 0. The maximum Gasteiger partial charge on any atom is 0.142 e. The minimum absolute atomic E-state index is 0.432. The van der Waals surface area contributed by atoms with E-state index in [0.717, 1.165) is 42.0 Å². The maximum absolute atomic E-state index is 5.64. The molecule has 0 aromatic carbocycles. The van der Waals surface area contributed by atoms with Crippen molar-refractivity contribution in [2.24, 2.45) is 11.8 Å². The minimum Gasteiger partial charge on any atom is -0.382 e. The van der Waals surface area contributed by atoms with Crippen molar-refractivity contribution in [2.75, 3.05) is 23.7 Å². The molecule has 2 aromatic heterocycles. The predicted molar refractivity (Wildman–Crippen MR) is 73.5 cm³/mol. The van der Waals surface area contributed by atoms with Gasteiger partial charge in [0, 0.05) is 24.8 Å². The molecule has 2 N–H and O–H groups in total. The fourth-order valence-corrected chi connectivity index (χ4v) is 2.83. The Labute approximate surface area is 111 Å². The minimum atomic E-state index is 0.432.